The molecule has 8 nitrogen and oxygen atoms in total. The number of nitrogens with zero attached hydrogens (tertiary/aromatic N) is 1. The van der Waals surface area contributed by atoms with E-state index >= 15 is 0 Å². The van der Waals surface area contributed by atoms with Gasteiger partial charge in [-0.25, -0.2) is 5.43 Å². The van der Waals surface area contributed by atoms with Gasteiger partial charge in [-0.05, 0) is 25.1 Å². The second-order valence-electron chi connectivity index (χ2n) is 6.58. The summed E-state index contributed by atoms with van der Waals surface area (Å²) in [4.78, 5) is 27.5. The summed E-state index contributed by atoms with van der Waals surface area (Å²) in [6.45, 7) is 1.81. The van der Waals surface area contributed by atoms with E-state index in [0.29, 0.717) is 11.5 Å². The molecule has 8 heteroatoms. The van der Waals surface area contributed by atoms with Crippen molar-refractivity contribution in [3.63, 3.8) is 0 Å². The van der Waals surface area contributed by atoms with Gasteiger partial charge in [-0.15, -0.1) is 0 Å². The Morgan fingerprint density at radius 1 is 1.17 bits per heavy atom. The second-order valence-corrected chi connectivity index (χ2v) is 6.58. The molecule has 0 radical (unpaired) electrons. The number of ether oxygens (including phenoxy) is 2. The minimum absolute atomic E-state index is 0.0858. The number of aromatic nitrogens is 1. The lowest BCUT2D eigenvalue weighted by Crippen LogP contribution is -2.46. The smallest absolute Gasteiger partial charge is 0.265 e. The van der Waals surface area contributed by atoms with Crippen LogP contribution in [0.1, 0.15) is 11.3 Å². The third-order valence-corrected chi connectivity index (χ3v) is 4.55. The van der Waals surface area contributed by atoms with Gasteiger partial charge in [-0.2, -0.15) is 5.10 Å². The number of aryl methyl sites for hydroxylation is 1. The monoisotopic (exact) mass is 392 g/mol. The third-order valence-electron chi connectivity index (χ3n) is 4.55. The highest BCUT2D eigenvalue weighted by Crippen LogP contribution is 2.30. The fourth-order valence-electron chi connectivity index (χ4n) is 3.10. The molecule has 2 heterocycles. The van der Waals surface area contributed by atoms with Crippen molar-refractivity contribution in [2.24, 2.45) is 5.10 Å². The Morgan fingerprint density at radius 3 is 2.79 bits per heavy atom. The maximum absolute atomic E-state index is 12.2. The number of hydrogen-bond donors (Lipinski definition) is 3. The van der Waals surface area contributed by atoms with Crippen LogP contribution >= 0.6 is 0 Å². The Hall–Kier alpha value is -3.81. The van der Waals surface area contributed by atoms with Gasteiger partial charge < -0.3 is 19.8 Å². The lowest BCUT2D eigenvalue weighted by Gasteiger charge is -2.25. The first-order valence-corrected chi connectivity index (χ1v) is 9.17. The van der Waals surface area contributed by atoms with Gasteiger partial charge in [0.1, 0.15) is 6.61 Å². The molecule has 0 bridgehead atoms. The maximum atomic E-state index is 12.2. The van der Waals surface area contributed by atoms with E-state index in [1.54, 1.807) is 24.4 Å². The molecule has 1 aliphatic heterocycles. The van der Waals surface area contributed by atoms with E-state index in [-0.39, 0.29) is 13.2 Å². The Labute approximate surface area is 166 Å². The number of benzene rings is 2. The lowest BCUT2D eigenvalue weighted by molar-refractivity contribution is -0.132. The van der Waals surface area contributed by atoms with E-state index < -0.39 is 17.9 Å². The predicted molar refractivity (Wildman–Crippen MR) is 108 cm³/mol. The van der Waals surface area contributed by atoms with Crippen molar-refractivity contribution < 1.29 is 19.1 Å². The molecular formula is C21H20N4O4. The molecule has 2 amide bonds. The normalized spacial score (nSPS) is 15.4. The summed E-state index contributed by atoms with van der Waals surface area (Å²) in [5.74, 6) is 0.230. The second kappa shape index (κ2) is 8.05. The Bertz CT molecular complexity index is 1090. The molecule has 0 saturated heterocycles. The van der Waals surface area contributed by atoms with E-state index in [0.717, 1.165) is 22.2 Å². The van der Waals surface area contributed by atoms with Crippen LogP contribution in [0.4, 0.5) is 0 Å². The van der Waals surface area contributed by atoms with Crippen molar-refractivity contribution in [2.75, 3.05) is 13.2 Å². The van der Waals surface area contributed by atoms with Crippen molar-refractivity contribution in [1.29, 1.82) is 0 Å². The number of amides is 2. The van der Waals surface area contributed by atoms with Gasteiger partial charge in [0.25, 0.3) is 11.8 Å². The highest BCUT2D eigenvalue weighted by molar-refractivity contribution is 6.01. The summed E-state index contributed by atoms with van der Waals surface area (Å²) in [6, 6.07) is 15.0. The molecule has 0 unspecified atom stereocenters. The van der Waals surface area contributed by atoms with Gasteiger partial charge in [-0.3, -0.25) is 9.59 Å². The number of hydrazone groups is 1. The molecule has 0 spiro atoms. The molecule has 0 aliphatic carbocycles. The number of carbonyl (C=O) groups excluding carboxylic acids is 2. The molecule has 4 rings (SSSR count). The largest absolute Gasteiger partial charge is 0.485 e. The molecule has 0 saturated carbocycles. The minimum Gasteiger partial charge on any atom is -0.485 e. The molecule has 1 aliphatic rings. The topological polar surface area (TPSA) is 105 Å². The van der Waals surface area contributed by atoms with Gasteiger partial charge in [0, 0.05) is 22.2 Å². The van der Waals surface area contributed by atoms with Gasteiger partial charge in [0.05, 0.1) is 12.8 Å². The molecule has 0 fully saturated rings. The summed E-state index contributed by atoms with van der Waals surface area (Å²) in [5, 5.41) is 7.54. The van der Waals surface area contributed by atoms with E-state index in [2.05, 4.69) is 20.8 Å². The fourth-order valence-corrected chi connectivity index (χ4v) is 3.10. The quantitative estimate of drug-likeness (QED) is 0.455. The summed E-state index contributed by atoms with van der Waals surface area (Å²) < 4.78 is 11.1. The zero-order valence-corrected chi connectivity index (χ0v) is 15.8. The number of aromatic amines is 1. The number of hydrogen-bond acceptors (Lipinski definition) is 5. The van der Waals surface area contributed by atoms with Crippen LogP contribution in [-0.2, 0) is 9.59 Å². The standard InChI is InChI=1S/C21H20N4O4/c1-13-15(14-6-2-3-7-16(14)24-13)10-23-25-20(26)11-22-21(27)19-12-28-17-8-4-5-9-18(17)29-19/h2-10,19,24H,11-12H2,1H3,(H,22,27)(H,25,26)/b23-10+/t19-/m0/s1. The predicted octanol–water partition coefficient (Wildman–Crippen LogP) is 1.88. The number of rotatable bonds is 5. The zero-order chi connectivity index (χ0) is 20.2. The summed E-state index contributed by atoms with van der Waals surface area (Å²) in [7, 11) is 0. The summed E-state index contributed by atoms with van der Waals surface area (Å²) in [6.07, 6.45) is 0.776. The molecule has 148 valence electrons. The van der Waals surface area contributed by atoms with Crippen molar-refractivity contribution in [2.45, 2.75) is 13.0 Å². The van der Waals surface area contributed by atoms with Crippen LogP contribution in [0.2, 0.25) is 0 Å². The number of carbonyl (C=O) groups is 2. The molecule has 3 aromatic rings. The van der Waals surface area contributed by atoms with E-state index in [4.69, 9.17) is 9.47 Å². The highest BCUT2D eigenvalue weighted by Gasteiger charge is 2.27. The van der Waals surface area contributed by atoms with Gasteiger partial charge in [0.2, 0.25) is 6.10 Å². The van der Waals surface area contributed by atoms with Crippen LogP contribution in [0.5, 0.6) is 11.5 Å². The van der Waals surface area contributed by atoms with E-state index in [9.17, 15) is 9.59 Å². The molecular weight excluding hydrogens is 372 g/mol. The molecule has 1 aromatic heterocycles. The van der Waals surface area contributed by atoms with Crippen LogP contribution in [-0.4, -0.2) is 42.3 Å². The Morgan fingerprint density at radius 2 is 1.93 bits per heavy atom. The highest BCUT2D eigenvalue weighted by atomic mass is 16.6. The van der Waals surface area contributed by atoms with E-state index in [1.807, 2.05) is 37.3 Å². The average Bonchev–Trinajstić information content (AvgIpc) is 3.07. The Balaban J connectivity index is 1.28. The van der Waals surface area contributed by atoms with Crippen LogP contribution in [0.3, 0.4) is 0 Å². The lowest BCUT2D eigenvalue weighted by atomic mass is 10.1. The zero-order valence-electron chi connectivity index (χ0n) is 15.8. The minimum atomic E-state index is -0.810. The van der Waals surface area contributed by atoms with Crippen molar-refractivity contribution in [3.8, 4) is 11.5 Å². The molecule has 3 N–H and O–H groups in total. The maximum Gasteiger partial charge on any atom is 0.265 e. The molecule has 2 aromatic carbocycles. The third kappa shape index (κ3) is 4.06. The summed E-state index contributed by atoms with van der Waals surface area (Å²) in [5.41, 5.74) is 5.27. The van der Waals surface area contributed by atoms with Crippen molar-refractivity contribution >= 4 is 28.9 Å². The Kier molecular flexibility index (Phi) is 5.15. The van der Waals surface area contributed by atoms with Crippen LogP contribution < -0.4 is 20.2 Å². The van der Waals surface area contributed by atoms with Crippen molar-refractivity contribution in [3.05, 3.63) is 59.8 Å². The number of fused-ring (bicyclic) bond motifs is 2. The van der Waals surface area contributed by atoms with Crippen LogP contribution in [0.25, 0.3) is 10.9 Å². The first-order valence-electron chi connectivity index (χ1n) is 9.17. The van der Waals surface area contributed by atoms with Crippen LogP contribution in [0.15, 0.2) is 53.6 Å². The first-order chi connectivity index (χ1) is 14.1. The van der Waals surface area contributed by atoms with Gasteiger partial charge >= 0.3 is 0 Å². The molecule has 29 heavy (non-hydrogen) atoms. The fraction of sp³-hybridized carbons (Fsp3) is 0.190. The first kappa shape index (κ1) is 18.5. The molecule has 1 atom stereocenters. The summed E-state index contributed by atoms with van der Waals surface area (Å²) >= 11 is 0. The van der Waals surface area contributed by atoms with Crippen molar-refractivity contribution in [1.82, 2.24) is 15.7 Å². The average molecular weight is 392 g/mol. The number of para-hydroxylation sites is 3. The number of nitrogens with one attached hydrogen (secondary N) is 3. The number of H-pyrrole nitrogens is 1. The van der Waals surface area contributed by atoms with E-state index in [1.165, 1.54) is 0 Å². The van der Waals surface area contributed by atoms with Crippen LogP contribution in [0, 0.1) is 6.92 Å². The SMILES string of the molecule is Cc1[nH]c2ccccc2c1/C=N/NC(=O)CNC(=O)[C@@H]1COc2ccccc2O1. The van der Waals surface area contributed by atoms with Gasteiger partial charge in [-0.1, -0.05) is 30.3 Å². The van der Waals surface area contributed by atoms with Gasteiger partial charge in [0.15, 0.2) is 11.5 Å².